The lowest BCUT2D eigenvalue weighted by Crippen LogP contribution is -2.33. The molecule has 0 amide bonds. The van der Waals surface area contributed by atoms with Crippen molar-refractivity contribution in [2.45, 2.75) is 13.3 Å². The monoisotopic (exact) mass is 357 g/mol. The zero-order valence-electron chi connectivity index (χ0n) is 15.4. The fourth-order valence-corrected chi connectivity index (χ4v) is 7.94. The molecule has 130 valence electrons. The molecule has 0 aliphatic carbocycles. The smallest absolute Gasteiger partial charge is 0.103 e. The van der Waals surface area contributed by atoms with Crippen molar-refractivity contribution < 1.29 is 0 Å². The van der Waals surface area contributed by atoms with Gasteiger partial charge in [-0.1, -0.05) is 66.7 Å². The predicted octanol–water partition coefficient (Wildman–Crippen LogP) is 5.50. The average molecular weight is 357 g/mol. The summed E-state index contributed by atoms with van der Waals surface area (Å²) in [6.45, 7) is 6.12. The first-order valence-corrected chi connectivity index (χ1v) is 11.1. The maximum Gasteiger partial charge on any atom is 0.116 e. The van der Waals surface area contributed by atoms with Crippen LogP contribution in [0.2, 0.25) is 0 Å². The molecule has 3 rings (SSSR count). The van der Waals surface area contributed by atoms with Crippen molar-refractivity contribution in [2.24, 2.45) is 0 Å². The molecule has 0 aliphatic rings. The van der Waals surface area contributed by atoms with Crippen LogP contribution in [0.3, 0.4) is 0 Å². The molecule has 1 heteroatoms. The van der Waals surface area contributed by atoms with Gasteiger partial charge in [-0.05, 0) is 55.3 Å². The van der Waals surface area contributed by atoms with Gasteiger partial charge < -0.3 is 0 Å². The third-order valence-electron chi connectivity index (χ3n) is 4.85. The normalized spacial score (nSPS) is 12.0. The first kappa shape index (κ1) is 18.4. The molecule has 0 saturated heterocycles. The van der Waals surface area contributed by atoms with Crippen molar-refractivity contribution >= 4 is 23.2 Å². The second-order valence-corrected chi connectivity index (χ2v) is 9.90. The summed E-state index contributed by atoms with van der Waals surface area (Å²) in [5.74, 6) is 0. The molecule has 3 aromatic carbocycles. The quantitative estimate of drug-likeness (QED) is 0.387. The van der Waals surface area contributed by atoms with Gasteiger partial charge in [0.05, 0.1) is 6.16 Å². The van der Waals surface area contributed by atoms with Crippen LogP contribution in [0.25, 0.3) is 0 Å². The molecular weight excluding hydrogens is 331 g/mol. The molecule has 0 aromatic heterocycles. The number of rotatable bonds is 7. The highest BCUT2D eigenvalue weighted by atomic mass is 31.2. The average Bonchev–Trinajstić information content (AvgIpc) is 2.73. The first-order chi connectivity index (χ1) is 12.8. The van der Waals surface area contributed by atoms with Crippen LogP contribution in [0.5, 0.6) is 0 Å². The molecule has 0 heterocycles. The molecule has 26 heavy (non-hydrogen) atoms. The molecule has 0 bridgehead atoms. The van der Waals surface area contributed by atoms with Crippen LogP contribution in [0.15, 0.2) is 115 Å². The van der Waals surface area contributed by atoms with E-state index in [0.717, 1.165) is 12.6 Å². The van der Waals surface area contributed by atoms with E-state index in [4.69, 9.17) is 0 Å². The van der Waals surface area contributed by atoms with Gasteiger partial charge in [0, 0.05) is 0 Å². The molecule has 0 fully saturated rings. The summed E-state index contributed by atoms with van der Waals surface area (Å²) in [7, 11) is -1.77. The van der Waals surface area contributed by atoms with Gasteiger partial charge in [-0.25, -0.2) is 0 Å². The van der Waals surface area contributed by atoms with Crippen molar-refractivity contribution in [3.8, 4) is 0 Å². The molecule has 0 spiro atoms. The Hall–Kier alpha value is -2.43. The molecule has 0 saturated carbocycles. The maximum atomic E-state index is 3.97. The molecule has 0 N–H and O–H groups in total. The third-order valence-corrected chi connectivity index (χ3v) is 9.27. The van der Waals surface area contributed by atoms with Crippen molar-refractivity contribution in [1.29, 1.82) is 0 Å². The highest BCUT2D eigenvalue weighted by molar-refractivity contribution is 7.95. The summed E-state index contributed by atoms with van der Waals surface area (Å²) >= 11 is 0. The second-order valence-electron chi connectivity index (χ2n) is 6.41. The van der Waals surface area contributed by atoms with Crippen LogP contribution < -0.4 is 15.9 Å². The van der Waals surface area contributed by atoms with E-state index in [1.807, 2.05) is 6.08 Å². The third kappa shape index (κ3) is 3.71. The molecule has 0 nitrogen and oxygen atoms in total. The standard InChI is InChI=1S/C25H26P/c1-3-14-22(4-2)21-26(23-15-8-5-9-16-23,24-17-10-6-11-18-24)25-19-12-7-13-20-25/h3-13,15-20H,1,14,21H2,2H3/q+1. The van der Waals surface area contributed by atoms with Crippen LogP contribution in [0.4, 0.5) is 0 Å². The van der Waals surface area contributed by atoms with E-state index in [1.54, 1.807) is 0 Å². The summed E-state index contributed by atoms with van der Waals surface area (Å²) in [6, 6.07) is 33.1. The zero-order valence-corrected chi connectivity index (χ0v) is 16.3. The Morgan fingerprint density at radius 1 is 0.731 bits per heavy atom. The molecule has 0 radical (unpaired) electrons. The fraction of sp³-hybridized carbons (Fsp3) is 0.120. The molecule has 0 aliphatic heterocycles. The SMILES string of the molecule is C=CCC(=CC)C[P+](c1ccccc1)(c1ccccc1)c1ccccc1. The van der Waals surface area contributed by atoms with Crippen LogP contribution in [-0.2, 0) is 0 Å². The maximum absolute atomic E-state index is 3.97. The molecule has 3 aromatic rings. The van der Waals surface area contributed by atoms with E-state index < -0.39 is 7.26 Å². The Kier molecular flexibility index (Phi) is 6.21. The minimum Gasteiger partial charge on any atom is -0.103 e. The summed E-state index contributed by atoms with van der Waals surface area (Å²) < 4.78 is 0. The lowest BCUT2D eigenvalue weighted by Gasteiger charge is -2.28. The number of hydrogen-bond acceptors (Lipinski definition) is 0. The minimum absolute atomic E-state index is 0.935. The Balaban J connectivity index is 2.29. The molecule has 0 unspecified atom stereocenters. The van der Waals surface area contributed by atoms with Crippen molar-refractivity contribution in [2.75, 3.05) is 6.16 Å². The molecule has 0 atom stereocenters. The zero-order chi connectivity index (χ0) is 18.2. The van der Waals surface area contributed by atoms with E-state index in [-0.39, 0.29) is 0 Å². The van der Waals surface area contributed by atoms with Crippen LogP contribution >= 0.6 is 7.26 Å². The van der Waals surface area contributed by atoms with E-state index >= 15 is 0 Å². The minimum atomic E-state index is -1.77. The Bertz CT molecular complexity index is 752. The topological polar surface area (TPSA) is 0 Å². The fourth-order valence-electron chi connectivity index (χ4n) is 3.53. The van der Waals surface area contributed by atoms with E-state index in [1.165, 1.54) is 21.5 Å². The van der Waals surface area contributed by atoms with Crippen molar-refractivity contribution in [3.63, 3.8) is 0 Å². The predicted molar refractivity (Wildman–Crippen MR) is 119 cm³/mol. The van der Waals surface area contributed by atoms with Gasteiger partial charge in [-0.2, -0.15) is 0 Å². The number of hydrogen-bond donors (Lipinski definition) is 0. The summed E-state index contributed by atoms with van der Waals surface area (Å²) in [5.41, 5.74) is 1.45. The van der Waals surface area contributed by atoms with Gasteiger partial charge in [0.25, 0.3) is 0 Å². The number of benzene rings is 3. The van der Waals surface area contributed by atoms with Crippen molar-refractivity contribution in [1.82, 2.24) is 0 Å². The first-order valence-electron chi connectivity index (χ1n) is 9.11. The van der Waals surface area contributed by atoms with Crippen molar-refractivity contribution in [3.05, 3.63) is 115 Å². The van der Waals surface area contributed by atoms with Gasteiger partial charge in [0.2, 0.25) is 0 Å². The van der Waals surface area contributed by atoms with Crippen LogP contribution in [0.1, 0.15) is 13.3 Å². The lowest BCUT2D eigenvalue weighted by atomic mass is 10.2. The largest absolute Gasteiger partial charge is 0.116 e. The van der Waals surface area contributed by atoms with Gasteiger partial charge in [-0.15, -0.1) is 6.58 Å². The second kappa shape index (κ2) is 8.79. The summed E-state index contributed by atoms with van der Waals surface area (Å²) in [6.07, 6.45) is 6.27. The Labute approximate surface area is 158 Å². The van der Waals surface area contributed by atoms with Gasteiger partial charge in [0.1, 0.15) is 23.2 Å². The summed E-state index contributed by atoms with van der Waals surface area (Å²) in [5, 5.41) is 4.29. The summed E-state index contributed by atoms with van der Waals surface area (Å²) in [4.78, 5) is 0. The van der Waals surface area contributed by atoms with Gasteiger partial charge in [-0.3, -0.25) is 0 Å². The van der Waals surface area contributed by atoms with Gasteiger partial charge >= 0.3 is 0 Å². The van der Waals surface area contributed by atoms with Crippen LogP contribution in [-0.4, -0.2) is 6.16 Å². The highest BCUT2D eigenvalue weighted by Gasteiger charge is 2.45. The lowest BCUT2D eigenvalue weighted by molar-refractivity contribution is 1.21. The van der Waals surface area contributed by atoms with Crippen LogP contribution in [0, 0.1) is 0 Å². The van der Waals surface area contributed by atoms with Gasteiger partial charge in [0.15, 0.2) is 0 Å². The van der Waals surface area contributed by atoms with E-state index in [2.05, 4.69) is 111 Å². The Morgan fingerprint density at radius 2 is 1.12 bits per heavy atom. The number of allylic oxidation sites excluding steroid dienone is 3. The van der Waals surface area contributed by atoms with E-state index in [0.29, 0.717) is 0 Å². The highest BCUT2D eigenvalue weighted by Crippen LogP contribution is 2.56. The van der Waals surface area contributed by atoms with E-state index in [9.17, 15) is 0 Å². The molecular formula is C25H26P+. The Morgan fingerprint density at radius 3 is 1.42 bits per heavy atom.